The Balaban J connectivity index is 1.32. The fourth-order valence-corrected chi connectivity index (χ4v) is 8.55. The molecule has 36 heavy (non-hydrogen) atoms. The second-order valence-corrected chi connectivity index (χ2v) is 13.2. The van der Waals surface area contributed by atoms with Gasteiger partial charge in [-0.2, -0.15) is 0 Å². The van der Waals surface area contributed by atoms with Crippen LogP contribution in [0.15, 0.2) is 18.2 Å². The number of halogens is 1. The molecule has 1 aromatic carbocycles. The van der Waals surface area contributed by atoms with E-state index in [-0.39, 0.29) is 11.3 Å². The van der Waals surface area contributed by atoms with Crippen molar-refractivity contribution in [3.63, 3.8) is 0 Å². The van der Waals surface area contributed by atoms with Crippen molar-refractivity contribution in [2.45, 2.75) is 123 Å². The molecule has 0 radical (unpaired) electrons. The van der Waals surface area contributed by atoms with Crippen molar-refractivity contribution < 1.29 is 9.50 Å². The summed E-state index contributed by atoms with van der Waals surface area (Å²) in [6, 6.07) is 5.77. The maximum absolute atomic E-state index is 16.0. The van der Waals surface area contributed by atoms with Crippen LogP contribution in [-0.2, 0) is 6.42 Å². The van der Waals surface area contributed by atoms with Crippen molar-refractivity contribution in [1.82, 2.24) is 4.90 Å². The lowest BCUT2D eigenvalue weighted by Gasteiger charge is -2.55. The molecule has 0 aromatic heterocycles. The van der Waals surface area contributed by atoms with Gasteiger partial charge in [0.25, 0.3) is 0 Å². The molecule has 2 nitrogen and oxygen atoms in total. The molecule has 0 bridgehead atoms. The van der Waals surface area contributed by atoms with Gasteiger partial charge in [-0.25, -0.2) is 4.39 Å². The monoisotopic (exact) mass is 499 g/mol. The van der Waals surface area contributed by atoms with Gasteiger partial charge < -0.3 is 10.0 Å². The summed E-state index contributed by atoms with van der Waals surface area (Å²) in [5, 5.41) is 10.2. The predicted molar refractivity (Wildman–Crippen MR) is 150 cm³/mol. The van der Waals surface area contributed by atoms with Crippen molar-refractivity contribution in [1.29, 1.82) is 0 Å². The molecule has 0 spiro atoms. The van der Waals surface area contributed by atoms with Crippen LogP contribution in [0.3, 0.4) is 0 Å². The predicted octanol–water partition coefficient (Wildman–Crippen LogP) is 8.91. The van der Waals surface area contributed by atoms with Crippen LogP contribution in [0.5, 0.6) is 5.75 Å². The molecular weight excluding hydrogens is 445 g/mol. The molecule has 7 atom stereocenters. The third-order valence-corrected chi connectivity index (χ3v) is 10.8. The summed E-state index contributed by atoms with van der Waals surface area (Å²) in [4.78, 5) is 2.52. The highest BCUT2D eigenvalue weighted by atomic mass is 19.1. The number of benzene rings is 1. The van der Waals surface area contributed by atoms with Crippen molar-refractivity contribution in [3.05, 3.63) is 29.3 Å². The first kappa shape index (κ1) is 27.9. The number of phenols is 1. The summed E-state index contributed by atoms with van der Waals surface area (Å²) in [5.74, 6) is 2.68. The van der Waals surface area contributed by atoms with E-state index in [0.29, 0.717) is 29.4 Å². The molecule has 4 rings (SSSR count). The lowest BCUT2D eigenvalue weighted by molar-refractivity contribution is -0.0421. The van der Waals surface area contributed by atoms with Gasteiger partial charge in [-0.3, -0.25) is 0 Å². The van der Waals surface area contributed by atoms with Crippen molar-refractivity contribution in [2.24, 2.45) is 29.1 Å². The van der Waals surface area contributed by atoms with Crippen LogP contribution in [-0.4, -0.2) is 36.3 Å². The smallest absolute Gasteiger partial charge is 0.115 e. The molecule has 0 amide bonds. The highest BCUT2D eigenvalue weighted by molar-refractivity contribution is 5.41. The minimum absolute atomic E-state index is 0.0335. The van der Waals surface area contributed by atoms with Gasteiger partial charge in [0, 0.05) is 5.92 Å². The summed E-state index contributed by atoms with van der Waals surface area (Å²) in [6.07, 6.45) is 16.8. The average Bonchev–Trinajstić information content (AvgIpc) is 3.14. The van der Waals surface area contributed by atoms with E-state index in [1.54, 1.807) is 6.07 Å². The van der Waals surface area contributed by atoms with Crippen molar-refractivity contribution in [2.75, 3.05) is 20.1 Å². The summed E-state index contributed by atoms with van der Waals surface area (Å²) in [7, 11) is 2.28. The number of unbranched alkanes of at least 4 members (excludes halogenated alkanes) is 7. The third kappa shape index (κ3) is 6.13. The topological polar surface area (TPSA) is 23.5 Å². The number of fused-ring (bicyclic) bond motifs is 5. The van der Waals surface area contributed by atoms with Gasteiger partial charge in [-0.15, -0.1) is 0 Å². The number of aromatic hydroxyl groups is 1. The molecule has 7 unspecified atom stereocenters. The molecule has 2 fully saturated rings. The molecule has 3 aliphatic rings. The van der Waals surface area contributed by atoms with Crippen LogP contribution in [0.1, 0.15) is 121 Å². The van der Waals surface area contributed by atoms with Crippen LogP contribution in [0, 0.1) is 29.1 Å². The number of hydrogen-bond donors (Lipinski definition) is 1. The SMILES string of the molecule is CCCCCCCCN(C)CCCCCC1Cc2cc(O)ccc2C2C(F)CC3(C)C(C)CCC3C12. The summed E-state index contributed by atoms with van der Waals surface area (Å²) >= 11 is 0. The zero-order valence-electron chi connectivity index (χ0n) is 23.8. The average molecular weight is 500 g/mol. The Kier molecular flexibility index (Phi) is 9.80. The number of hydrogen-bond acceptors (Lipinski definition) is 2. The van der Waals surface area contributed by atoms with Gasteiger partial charge in [0.2, 0.25) is 0 Å². The van der Waals surface area contributed by atoms with E-state index in [1.165, 1.54) is 101 Å². The first-order valence-corrected chi connectivity index (χ1v) is 15.5. The lowest BCUT2D eigenvalue weighted by atomic mass is 9.50. The summed E-state index contributed by atoms with van der Waals surface area (Å²) in [5.41, 5.74) is 2.59. The standard InChI is InChI=1S/C33H54FNO/c1-5-6-7-8-9-12-19-35(4)20-13-10-11-14-25-21-26-22-27(36)16-17-28(26)32-30(34)23-33(3)24(2)15-18-29(33)31(25)32/h16-17,22,24-25,29-32,36H,5-15,18-21,23H2,1-4H3. The Bertz CT molecular complexity index is 826. The van der Waals surface area contributed by atoms with E-state index in [9.17, 15) is 5.11 Å². The first-order valence-electron chi connectivity index (χ1n) is 15.5. The first-order chi connectivity index (χ1) is 17.3. The van der Waals surface area contributed by atoms with Crippen molar-refractivity contribution in [3.8, 4) is 5.75 Å². The van der Waals surface area contributed by atoms with E-state index in [1.807, 2.05) is 12.1 Å². The molecule has 0 saturated heterocycles. The fraction of sp³-hybridized carbons (Fsp3) is 0.818. The molecule has 1 aromatic rings. The molecule has 1 N–H and O–H groups in total. The summed E-state index contributed by atoms with van der Waals surface area (Å²) < 4.78 is 16.0. The normalized spacial score (nSPS) is 33.4. The maximum atomic E-state index is 16.0. The van der Waals surface area contributed by atoms with Crippen LogP contribution in [0.25, 0.3) is 0 Å². The lowest BCUT2D eigenvalue weighted by Crippen LogP contribution is -2.50. The summed E-state index contributed by atoms with van der Waals surface area (Å²) in [6.45, 7) is 9.49. The Labute approximate surface area is 221 Å². The number of rotatable bonds is 13. The zero-order chi connectivity index (χ0) is 25.7. The van der Waals surface area contributed by atoms with Gasteiger partial charge in [0.1, 0.15) is 11.9 Å². The van der Waals surface area contributed by atoms with Crippen molar-refractivity contribution >= 4 is 0 Å². The van der Waals surface area contributed by atoms with E-state index in [0.717, 1.165) is 12.8 Å². The van der Waals surface area contributed by atoms with Crippen LogP contribution in [0.2, 0.25) is 0 Å². The van der Waals surface area contributed by atoms with Crippen LogP contribution in [0.4, 0.5) is 4.39 Å². The van der Waals surface area contributed by atoms with E-state index in [2.05, 4.69) is 32.7 Å². The molecule has 204 valence electrons. The Morgan fingerprint density at radius 3 is 2.44 bits per heavy atom. The zero-order valence-corrected chi connectivity index (χ0v) is 23.8. The highest BCUT2D eigenvalue weighted by Gasteiger charge is 2.58. The van der Waals surface area contributed by atoms with Crippen LogP contribution >= 0.6 is 0 Å². The Morgan fingerprint density at radius 2 is 1.69 bits per heavy atom. The Morgan fingerprint density at radius 1 is 1.00 bits per heavy atom. The number of nitrogens with zero attached hydrogens (tertiary/aromatic N) is 1. The molecule has 2 saturated carbocycles. The minimum atomic E-state index is -0.751. The molecule has 3 heteroatoms. The Hall–Kier alpha value is -1.09. The molecule has 0 aliphatic heterocycles. The van der Waals surface area contributed by atoms with Gasteiger partial charge >= 0.3 is 0 Å². The van der Waals surface area contributed by atoms with Gasteiger partial charge in [-0.05, 0) is 117 Å². The van der Waals surface area contributed by atoms with E-state index in [4.69, 9.17) is 0 Å². The highest BCUT2D eigenvalue weighted by Crippen LogP contribution is 2.65. The van der Waals surface area contributed by atoms with E-state index < -0.39 is 6.17 Å². The van der Waals surface area contributed by atoms with Crippen LogP contribution < -0.4 is 0 Å². The quantitative estimate of drug-likeness (QED) is 0.274. The number of alkyl halides is 1. The fourth-order valence-electron chi connectivity index (χ4n) is 8.55. The second kappa shape index (κ2) is 12.6. The molecule has 0 heterocycles. The van der Waals surface area contributed by atoms with Gasteiger partial charge in [0.15, 0.2) is 0 Å². The van der Waals surface area contributed by atoms with Gasteiger partial charge in [-0.1, -0.05) is 71.8 Å². The maximum Gasteiger partial charge on any atom is 0.115 e. The second-order valence-electron chi connectivity index (χ2n) is 13.2. The largest absolute Gasteiger partial charge is 0.508 e. The van der Waals surface area contributed by atoms with Gasteiger partial charge in [0.05, 0.1) is 0 Å². The number of phenolic OH excluding ortho intramolecular Hbond substituents is 1. The molecule has 3 aliphatic carbocycles. The van der Waals surface area contributed by atoms with E-state index >= 15 is 4.39 Å². The molecular formula is C33H54FNO. The minimum Gasteiger partial charge on any atom is -0.508 e. The third-order valence-electron chi connectivity index (χ3n) is 10.8.